The van der Waals surface area contributed by atoms with Crippen molar-refractivity contribution in [3.05, 3.63) is 34.9 Å². The first kappa shape index (κ1) is 23.9. The summed E-state index contributed by atoms with van der Waals surface area (Å²) in [6.07, 6.45) is 6.28. The zero-order chi connectivity index (χ0) is 22.3. The number of benzene rings is 1. The molecule has 0 atom stereocenters. The fourth-order valence-electron chi connectivity index (χ4n) is 4.79. The highest BCUT2D eigenvalue weighted by Crippen LogP contribution is 2.39. The monoisotopic (exact) mass is 447 g/mol. The van der Waals surface area contributed by atoms with E-state index < -0.39 is 0 Å². The molecular weight excluding hydrogens is 410 g/mol. The van der Waals surface area contributed by atoms with Gasteiger partial charge in [-0.1, -0.05) is 36.6 Å². The Kier molecular flexibility index (Phi) is 8.61. The number of likely N-dealkylation sites (tertiary alicyclic amines) is 1. The lowest BCUT2D eigenvalue weighted by atomic mass is 9.85. The molecule has 0 aromatic heterocycles. The average molecular weight is 448 g/mol. The van der Waals surface area contributed by atoms with Crippen LogP contribution in [0.15, 0.2) is 29.3 Å². The van der Waals surface area contributed by atoms with E-state index in [-0.39, 0.29) is 11.3 Å². The van der Waals surface area contributed by atoms with Gasteiger partial charge in [0.05, 0.1) is 12.0 Å². The average Bonchev–Trinajstić information content (AvgIpc) is 3.24. The summed E-state index contributed by atoms with van der Waals surface area (Å²) in [7, 11) is 3.71. The van der Waals surface area contributed by atoms with Crippen LogP contribution in [0, 0.1) is 5.41 Å². The van der Waals surface area contributed by atoms with Crippen molar-refractivity contribution in [1.82, 2.24) is 20.4 Å². The van der Waals surface area contributed by atoms with E-state index in [4.69, 9.17) is 16.6 Å². The maximum Gasteiger partial charge on any atom is 0.230 e. The summed E-state index contributed by atoms with van der Waals surface area (Å²) in [5.41, 5.74) is 0.978. The zero-order valence-electron chi connectivity index (χ0n) is 19.3. The standard InChI is InChI=1S/C24H38ClN5O/c1-4-26-23(27-18-24(13-5-6-14-24)22(31)29(2)3)28-21-11-15-30(16-12-21)17-19-7-9-20(25)10-8-19/h7-10,21H,4-6,11-18H2,1-3H3,(H2,26,27,28). The SMILES string of the molecule is CCNC(=NCC1(C(=O)N(C)C)CCCC1)NC1CCN(Cc2ccc(Cl)cc2)CC1. The van der Waals surface area contributed by atoms with Crippen LogP contribution in [0.4, 0.5) is 0 Å². The molecule has 1 aliphatic heterocycles. The Morgan fingerprint density at radius 3 is 2.42 bits per heavy atom. The van der Waals surface area contributed by atoms with Gasteiger partial charge in [0.1, 0.15) is 0 Å². The van der Waals surface area contributed by atoms with Gasteiger partial charge >= 0.3 is 0 Å². The summed E-state index contributed by atoms with van der Waals surface area (Å²) in [6.45, 7) is 6.55. The highest BCUT2D eigenvalue weighted by atomic mass is 35.5. The van der Waals surface area contributed by atoms with Gasteiger partial charge in [-0.2, -0.15) is 0 Å². The second-order valence-electron chi connectivity index (χ2n) is 9.20. The maximum absolute atomic E-state index is 12.8. The third kappa shape index (κ3) is 6.59. The molecule has 1 aliphatic carbocycles. The second-order valence-corrected chi connectivity index (χ2v) is 9.64. The minimum Gasteiger partial charge on any atom is -0.357 e. The van der Waals surface area contributed by atoms with Crippen molar-refractivity contribution in [1.29, 1.82) is 0 Å². The summed E-state index contributed by atoms with van der Waals surface area (Å²) in [4.78, 5) is 21.9. The zero-order valence-corrected chi connectivity index (χ0v) is 20.0. The summed E-state index contributed by atoms with van der Waals surface area (Å²) in [6, 6.07) is 8.54. The van der Waals surface area contributed by atoms with Crippen LogP contribution in [0.1, 0.15) is 51.0 Å². The lowest BCUT2D eigenvalue weighted by molar-refractivity contribution is -0.138. The number of rotatable bonds is 7. The Morgan fingerprint density at radius 1 is 1.19 bits per heavy atom. The molecule has 172 valence electrons. The first-order chi connectivity index (χ1) is 14.9. The quantitative estimate of drug-likeness (QED) is 0.496. The molecule has 1 saturated carbocycles. The smallest absolute Gasteiger partial charge is 0.230 e. The van der Waals surface area contributed by atoms with Crippen LogP contribution in [0.5, 0.6) is 0 Å². The maximum atomic E-state index is 12.8. The van der Waals surface area contributed by atoms with Crippen LogP contribution in [-0.2, 0) is 11.3 Å². The summed E-state index contributed by atoms with van der Waals surface area (Å²) >= 11 is 6.00. The molecule has 0 spiro atoms. The highest BCUT2D eigenvalue weighted by molar-refractivity contribution is 6.30. The van der Waals surface area contributed by atoms with Crippen LogP contribution in [0.25, 0.3) is 0 Å². The molecule has 0 bridgehead atoms. The molecule has 0 radical (unpaired) electrons. The molecule has 1 amide bonds. The number of hydrogen-bond acceptors (Lipinski definition) is 3. The van der Waals surface area contributed by atoms with Crippen molar-refractivity contribution in [3.63, 3.8) is 0 Å². The first-order valence-electron chi connectivity index (χ1n) is 11.7. The molecule has 7 heteroatoms. The molecule has 1 heterocycles. The predicted octanol–water partition coefficient (Wildman–Crippen LogP) is 3.51. The number of hydrogen-bond donors (Lipinski definition) is 2. The second kappa shape index (κ2) is 11.2. The summed E-state index contributed by atoms with van der Waals surface area (Å²) in [5, 5.41) is 7.80. The number of carbonyl (C=O) groups excluding carboxylic acids is 1. The van der Waals surface area contributed by atoms with Crippen LogP contribution >= 0.6 is 11.6 Å². The lowest BCUT2D eigenvalue weighted by Crippen LogP contribution is -2.49. The van der Waals surface area contributed by atoms with E-state index in [0.29, 0.717) is 12.6 Å². The molecule has 3 rings (SSSR count). The minimum absolute atomic E-state index is 0.222. The van der Waals surface area contributed by atoms with Crippen molar-refractivity contribution in [2.24, 2.45) is 10.4 Å². The lowest BCUT2D eigenvalue weighted by Gasteiger charge is -2.33. The molecule has 0 unspecified atom stereocenters. The van der Waals surface area contributed by atoms with E-state index in [9.17, 15) is 4.79 Å². The van der Waals surface area contributed by atoms with Crippen molar-refractivity contribution in [2.75, 3.05) is 40.3 Å². The molecule has 6 nitrogen and oxygen atoms in total. The van der Waals surface area contributed by atoms with Gasteiger partial charge in [0.2, 0.25) is 5.91 Å². The number of piperidine rings is 1. The molecule has 2 aliphatic rings. The minimum atomic E-state index is -0.326. The Labute approximate surface area is 192 Å². The number of amides is 1. The Morgan fingerprint density at radius 2 is 1.84 bits per heavy atom. The van der Waals surface area contributed by atoms with Crippen molar-refractivity contribution >= 4 is 23.5 Å². The topological polar surface area (TPSA) is 60.0 Å². The normalized spacial score (nSPS) is 19.9. The molecular formula is C24H38ClN5O. The van der Waals surface area contributed by atoms with Crippen molar-refractivity contribution in [2.45, 2.75) is 58.0 Å². The van der Waals surface area contributed by atoms with E-state index in [1.165, 1.54) is 5.56 Å². The van der Waals surface area contributed by atoms with Gasteiger partial charge in [-0.15, -0.1) is 0 Å². The highest BCUT2D eigenvalue weighted by Gasteiger charge is 2.42. The number of guanidine groups is 1. The Bertz CT molecular complexity index is 735. The number of nitrogens with one attached hydrogen (secondary N) is 2. The van der Waals surface area contributed by atoms with Gasteiger partial charge < -0.3 is 15.5 Å². The van der Waals surface area contributed by atoms with Gasteiger partial charge in [0.25, 0.3) is 0 Å². The molecule has 31 heavy (non-hydrogen) atoms. The van der Waals surface area contributed by atoms with Gasteiger partial charge in [-0.3, -0.25) is 14.7 Å². The van der Waals surface area contributed by atoms with Gasteiger partial charge in [0, 0.05) is 51.3 Å². The molecule has 1 aromatic rings. The van der Waals surface area contributed by atoms with Crippen LogP contribution in [0.3, 0.4) is 0 Å². The predicted molar refractivity (Wildman–Crippen MR) is 128 cm³/mol. The molecule has 1 saturated heterocycles. The number of carbonyl (C=O) groups is 1. The third-order valence-electron chi connectivity index (χ3n) is 6.55. The van der Waals surface area contributed by atoms with Crippen LogP contribution in [0.2, 0.25) is 5.02 Å². The van der Waals surface area contributed by atoms with Gasteiger partial charge in [-0.25, -0.2) is 0 Å². The van der Waals surface area contributed by atoms with E-state index in [0.717, 1.165) is 75.7 Å². The fraction of sp³-hybridized carbons (Fsp3) is 0.667. The van der Waals surface area contributed by atoms with E-state index in [1.54, 1.807) is 4.90 Å². The third-order valence-corrected chi connectivity index (χ3v) is 6.80. The van der Waals surface area contributed by atoms with Gasteiger partial charge in [-0.05, 0) is 50.3 Å². The first-order valence-corrected chi connectivity index (χ1v) is 12.0. The van der Waals surface area contributed by atoms with Crippen molar-refractivity contribution < 1.29 is 4.79 Å². The van der Waals surface area contributed by atoms with Crippen LogP contribution in [-0.4, -0.2) is 68.0 Å². The summed E-state index contributed by atoms with van der Waals surface area (Å²) in [5.74, 6) is 1.07. The number of nitrogens with zero attached hydrogens (tertiary/aromatic N) is 3. The summed E-state index contributed by atoms with van der Waals surface area (Å²) < 4.78 is 0. The number of halogens is 1. The fourth-order valence-corrected chi connectivity index (χ4v) is 4.92. The van der Waals surface area contributed by atoms with Crippen molar-refractivity contribution in [3.8, 4) is 0 Å². The molecule has 1 aromatic carbocycles. The molecule has 2 N–H and O–H groups in total. The van der Waals surface area contributed by atoms with Crippen LogP contribution < -0.4 is 10.6 Å². The Balaban J connectivity index is 1.54. The largest absolute Gasteiger partial charge is 0.357 e. The van der Waals surface area contributed by atoms with E-state index in [2.05, 4.69) is 34.6 Å². The Hall–Kier alpha value is -1.79. The number of aliphatic imine (C=N–C) groups is 1. The molecule has 2 fully saturated rings. The van der Waals surface area contributed by atoms with E-state index >= 15 is 0 Å². The van der Waals surface area contributed by atoms with Gasteiger partial charge in [0.15, 0.2) is 5.96 Å². The van der Waals surface area contributed by atoms with E-state index in [1.807, 2.05) is 26.2 Å².